The van der Waals surface area contributed by atoms with E-state index >= 15 is 0 Å². The predicted molar refractivity (Wildman–Crippen MR) is 108 cm³/mol. The zero-order chi connectivity index (χ0) is 20.3. The summed E-state index contributed by atoms with van der Waals surface area (Å²) in [5.74, 6) is 2.27. The molecule has 0 aliphatic heterocycles. The minimum atomic E-state index is -0.260. The molecule has 0 spiro atoms. The molecule has 3 aromatic rings. The second-order valence-electron chi connectivity index (χ2n) is 5.98. The third-order valence-corrected chi connectivity index (χ3v) is 5.47. The lowest BCUT2D eigenvalue weighted by molar-refractivity contribution is -0.117. The van der Waals surface area contributed by atoms with E-state index in [1.165, 1.54) is 11.3 Å². The van der Waals surface area contributed by atoms with Crippen molar-refractivity contribution in [3.05, 3.63) is 40.7 Å². The molecule has 3 rings (SSSR count). The van der Waals surface area contributed by atoms with Gasteiger partial charge >= 0.3 is 0 Å². The van der Waals surface area contributed by atoms with Crippen LogP contribution in [0.3, 0.4) is 0 Å². The number of hydrogen-bond donors (Lipinski definition) is 0. The Bertz CT molecular complexity index is 1080. The van der Waals surface area contributed by atoms with Crippen molar-refractivity contribution < 1.29 is 23.7 Å². The summed E-state index contributed by atoms with van der Waals surface area (Å²) in [5.41, 5.74) is 1.67. The first kappa shape index (κ1) is 19.8. The van der Waals surface area contributed by atoms with Gasteiger partial charge in [0.1, 0.15) is 11.5 Å². The zero-order valence-electron chi connectivity index (χ0n) is 16.4. The van der Waals surface area contributed by atoms with Crippen molar-refractivity contribution in [1.82, 2.24) is 4.57 Å². The van der Waals surface area contributed by atoms with Gasteiger partial charge in [0.25, 0.3) is 5.91 Å². The van der Waals surface area contributed by atoms with Crippen LogP contribution in [0.1, 0.15) is 5.56 Å². The lowest BCUT2D eigenvalue weighted by atomic mass is 10.1. The summed E-state index contributed by atoms with van der Waals surface area (Å²) in [6.07, 6.45) is 0.133. The summed E-state index contributed by atoms with van der Waals surface area (Å²) in [6.45, 7) is 0. The van der Waals surface area contributed by atoms with Crippen LogP contribution in [0, 0.1) is 0 Å². The Morgan fingerprint density at radius 2 is 1.64 bits per heavy atom. The topological polar surface area (TPSA) is 71.3 Å². The maximum Gasteiger partial charge on any atom is 0.252 e. The maximum absolute atomic E-state index is 12.6. The molecule has 0 saturated carbocycles. The lowest BCUT2D eigenvalue weighted by Crippen LogP contribution is -2.14. The maximum atomic E-state index is 12.6. The second-order valence-corrected chi connectivity index (χ2v) is 6.99. The van der Waals surface area contributed by atoms with E-state index in [1.54, 1.807) is 40.6 Å². The van der Waals surface area contributed by atoms with Crippen molar-refractivity contribution in [2.75, 3.05) is 28.4 Å². The third kappa shape index (κ3) is 3.82. The number of ether oxygens (including phenoxy) is 4. The Morgan fingerprint density at radius 1 is 0.964 bits per heavy atom. The highest BCUT2D eigenvalue weighted by molar-refractivity contribution is 7.16. The van der Waals surface area contributed by atoms with Crippen LogP contribution in [0.4, 0.5) is 0 Å². The first-order chi connectivity index (χ1) is 13.5. The highest BCUT2D eigenvalue weighted by Gasteiger charge is 2.13. The standard InChI is InChI=1S/C20H22N2O5S/c1-22-14-10-16(26-4)17(27-5)11-18(14)28-20(22)21-19(23)8-12-6-7-13(24-2)9-15(12)25-3/h6-7,9-11H,8H2,1-5H3. The monoisotopic (exact) mass is 402 g/mol. The fourth-order valence-corrected chi connectivity index (χ4v) is 3.91. The van der Waals surface area contributed by atoms with Gasteiger partial charge in [0, 0.05) is 30.8 Å². The zero-order valence-corrected chi connectivity index (χ0v) is 17.3. The lowest BCUT2D eigenvalue weighted by Gasteiger charge is -2.08. The van der Waals surface area contributed by atoms with Crippen molar-refractivity contribution in [3.8, 4) is 23.0 Å². The van der Waals surface area contributed by atoms with E-state index in [0.29, 0.717) is 27.8 Å². The summed E-state index contributed by atoms with van der Waals surface area (Å²) in [6, 6.07) is 9.12. The number of fused-ring (bicyclic) bond motifs is 1. The molecule has 0 bridgehead atoms. The molecule has 1 aromatic heterocycles. The van der Waals surface area contributed by atoms with Crippen LogP contribution in [0.15, 0.2) is 35.3 Å². The number of carbonyl (C=O) groups is 1. The minimum Gasteiger partial charge on any atom is -0.497 e. The van der Waals surface area contributed by atoms with Gasteiger partial charge in [-0.1, -0.05) is 17.4 Å². The first-order valence-electron chi connectivity index (χ1n) is 8.50. The number of hydrogen-bond acceptors (Lipinski definition) is 6. The number of thiazole rings is 1. The molecule has 0 aliphatic carbocycles. The van der Waals surface area contributed by atoms with Crippen LogP contribution < -0.4 is 23.7 Å². The third-order valence-electron chi connectivity index (χ3n) is 4.37. The Labute approximate surface area is 166 Å². The molecular weight excluding hydrogens is 380 g/mol. The van der Waals surface area contributed by atoms with Gasteiger partial charge in [-0.05, 0) is 6.07 Å². The molecule has 0 fully saturated rings. The van der Waals surface area contributed by atoms with E-state index in [2.05, 4.69) is 4.99 Å². The van der Waals surface area contributed by atoms with Gasteiger partial charge in [-0.15, -0.1) is 0 Å². The van der Waals surface area contributed by atoms with Crippen molar-refractivity contribution in [3.63, 3.8) is 0 Å². The highest BCUT2D eigenvalue weighted by Crippen LogP contribution is 2.33. The van der Waals surface area contributed by atoms with Crippen molar-refractivity contribution >= 4 is 27.5 Å². The van der Waals surface area contributed by atoms with Gasteiger partial charge in [-0.3, -0.25) is 4.79 Å². The van der Waals surface area contributed by atoms with Crippen LogP contribution in [0.5, 0.6) is 23.0 Å². The van der Waals surface area contributed by atoms with Gasteiger partial charge in [0.05, 0.1) is 45.1 Å². The van der Waals surface area contributed by atoms with Gasteiger partial charge in [-0.25, -0.2) is 0 Å². The Kier molecular flexibility index (Phi) is 5.89. The number of aromatic nitrogens is 1. The van der Waals surface area contributed by atoms with Crippen LogP contribution in [0.25, 0.3) is 10.2 Å². The number of benzene rings is 2. The van der Waals surface area contributed by atoms with E-state index in [4.69, 9.17) is 18.9 Å². The molecule has 0 saturated heterocycles. The summed E-state index contributed by atoms with van der Waals surface area (Å²) in [5, 5.41) is 0. The minimum absolute atomic E-state index is 0.133. The van der Waals surface area contributed by atoms with Crippen molar-refractivity contribution in [2.24, 2.45) is 12.0 Å². The molecule has 0 radical (unpaired) electrons. The van der Waals surface area contributed by atoms with Gasteiger partial charge in [-0.2, -0.15) is 4.99 Å². The molecule has 7 nitrogen and oxygen atoms in total. The summed E-state index contributed by atoms with van der Waals surface area (Å²) in [4.78, 5) is 17.5. The molecular formula is C20H22N2O5S. The van der Waals surface area contributed by atoms with Crippen molar-refractivity contribution in [2.45, 2.75) is 6.42 Å². The molecule has 0 N–H and O–H groups in total. The molecule has 0 aliphatic rings. The predicted octanol–water partition coefficient (Wildman–Crippen LogP) is 2.94. The second kappa shape index (κ2) is 8.35. The van der Waals surface area contributed by atoms with E-state index < -0.39 is 0 Å². The molecule has 2 aromatic carbocycles. The SMILES string of the molecule is COc1ccc(CC(=O)N=c2sc3cc(OC)c(OC)cc3n2C)c(OC)c1. The van der Waals surface area contributed by atoms with E-state index in [0.717, 1.165) is 15.8 Å². The van der Waals surface area contributed by atoms with E-state index in [-0.39, 0.29) is 12.3 Å². The van der Waals surface area contributed by atoms with E-state index in [1.807, 2.05) is 29.8 Å². The normalized spacial score (nSPS) is 11.5. The number of carbonyl (C=O) groups excluding carboxylic acids is 1. The van der Waals surface area contributed by atoms with Crippen LogP contribution in [-0.2, 0) is 18.3 Å². The molecule has 0 atom stereocenters. The van der Waals surface area contributed by atoms with Gasteiger partial charge in [0.2, 0.25) is 0 Å². The van der Waals surface area contributed by atoms with Crippen LogP contribution >= 0.6 is 11.3 Å². The molecule has 0 unspecified atom stereocenters. The van der Waals surface area contributed by atoms with Crippen molar-refractivity contribution in [1.29, 1.82) is 0 Å². The van der Waals surface area contributed by atoms with Crippen LogP contribution in [0.2, 0.25) is 0 Å². The summed E-state index contributed by atoms with van der Waals surface area (Å²) in [7, 11) is 8.19. The molecule has 1 heterocycles. The average molecular weight is 402 g/mol. The smallest absolute Gasteiger partial charge is 0.252 e. The number of nitrogens with zero attached hydrogens (tertiary/aromatic N) is 2. The first-order valence-corrected chi connectivity index (χ1v) is 9.32. The fraction of sp³-hybridized carbons (Fsp3) is 0.300. The summed E-state index contributed by atoms with van der Waals surface area (Å²) < 4.78 is 24.1. The fourth-order valence-electron chi connectivity index (χ4n) is 2.87. The van der Waals surface area contributed by atoms with Gasteiger partial charge < -0.3 is 23.5 Å². The van der Waals surface area contributed by atoms with Gasteiger partial charge in [0.15, 0.2) is 16.3 Å². The summed E-state index contributed by atoms with van der Waals surface area (Å²) >= 11 is 1.42. The van der Waals surface area contributed by atoms with Crippen LogP contribution in [-0.4, -0.2) is 38.9 Å². The number of amides is 1. The molecule has 28 heavy (non-hydrogen) atoms. The molecule has 8 heteroatoms. The average Bonchev–Trinajstić information content (AvgIpc) is 3.01. The Balaban J connectivity index is 1.96. The van der Waals surface area contributed by atoms with E-state index in [9.17, 15) is 4.79 Å². The molecule has 148 valence electrons. The Morgan fingerprint density at radius 3 is 2.29 bits per heavy atom. The number of aryl methyl sites for hydroxylation is 1. The quantitative estimate of drug-likeness (QED) is 0.634. The highest BCUT2D eigenvalue weighted by atomic mass is 32.1. The molecule has 1 amide bonds. The largest absolute Gasteiger partial charge is 0.497 e. The number of rotatable bonds is 6. The number of methoxy groups -OCH3 is 4. The Hall–Kier alpha value is -3.00.